The Morgan fingerprint density at radius 3 is 2.54 bits per heavy atom. The summed E-state index contributed by atoms with van der Waals surface area (Å²) in [7, 11) is 0. The third kappa shape index (κ3) is 5.64. The van der Waals surface area contributed by atoms with Crippen molar-refractivity contribution in [2.45, 2.75) is 6.92 Å². The topological polar surface area (TPSA) is 68.3 Å². The first kappa shape index (κ1) is 19.0. The minimum atomic E-state index is -0.262. The fourth-order valence-electron chi connectivity index (χ4n) is 2.51. The van der Waals surface area contributed by atoms with E-state index in [0.29, 0.717) is 17.0 Å². The first-order valence-corrected chi connectivity index (χ1v) is 8.83. The molecule has 5 heteroatoms. The molecule has 0 aliphatic heterocycles. The van der Waals surface area contributed by atoms with Gasteiger partial charge in [-0.3, -0.25) is 14.6 Å². The SMILES string of the molecule is CC(=O)c1ccc(OCC(=O)Nc2cccc(/C=C/c3ccccn3)c2)cc1. The van der Waals surface area contributed by atoms with Crippen LogP contribution in [0, 0.1) is 0 Å². The average molecular weight is 372 g/mol. The van der Waals surface area contributed by atoms with Crippen molar-refractivity contribution in [3.63, 3.8) is 0 Å². The second-order valence-corrected chi connectivity index (χ2v) is 6.13. The van der Waals surface area contributed by atoms with Crippen LogP contribution in [-0.2, 0) is 4.79 Å². The molecule has 1 N–H and O–H groups in total. The van der Waals surface area contributed by atoms with E-state index in [1.165, 1.54) is 6.92 Å². The molecule has 0 spiro atoms. The van der Waals surface area contributed by atoms with E-state index in [-0.39, 0.29) is 18.3 Å². The number of ketones is 1. The van der Waals surface area contributed by atoms with Crippen molar-refractivity contribution in [2.24, 2.45) is 0 Å². The minimum Gasteiger partial charge on any atom is -0.484 e. The summed E-state index contributed by atoms with van der Waals surface area (Å²) in [5, 5.41) is 2.81. The molecule has 0 saturated carbocycles. The number of pyridine rings is 1. The van der Waals surface area contributed by atoms with Crippen molar-refractivity contribution < 1.29 is 14.3 Å². The van der Waals surface area contributed by atoms with Crippen molar-refractivity contribution in [1.82, 2.24) is 4.98 Å². The van der Waals surface area contributed by atoms with Gasteiger partial charge >= 0.3 is 0 Å². The summed E-state index contributed by atoms with van der Waals surface area (Å²) in [5.74, 6) is 0.259. The minimum absolute atomic E-state index is 0.0127. The number of Topliss-reactive ketones (excluding diaryl/α,β-unsaturated/α-hetero) is 1. The molecule has 2 aromatic carbocycles. The summed E-state index contributed by atoms with van der Waals surface area (Å²) in [5.41, 5.74) is 3.10. The number of hydrogen-bond donors (Lipinski definition) is 1. The fraction of sp³-hybridized carbons (Fsp3) is 0.0870. The first-order chi connectivity index (χ1) is 13.6. The maximum atomic E-state index is 12.1. The van der Waals surface area contributed by atoms with E-state index in [0.717, 1.165) is 11.3 Å². The van der Waals surface area contributed by atoms with Crippen LogP contribution in [0.25, 0.3) is 12.2 Å². The third-order valence-electron chi connectivity index (χ3n) is 3.94. The highest BCUT2D eigenvalue weighted by atomic mass is 16.5. The lowest BCUT2D eigenvalue weighted by Gasteiger charge is -2.08. The number of aromatic nitrogens is 1. The van der Waals surface area contributed by atoms with Gasteiger partial charge in [0.25, 0.3) is 5.91 Å². The highest BCUT2D eigenvalue weighted by Crippen LogP contribution is 2.15. The molecule has 0 unspecified atom stereocenters. The molecule has 1 aromatic heterocycles. The van der Waals surface area contributed by atoms with Crippen LogP contribution in [0.2, 0.25) is 0 Å². The van der Waals surface area contributed by atoms with E-state index < -0.39 is 0 Å². The van der Waals surface area contributed by atoms with Crippen LogP contribution in [-0.4, -0.2) is 23.3 Å². The summed E-state index contributed by atoms with van der Waals surface area (Å²) in [6, 6.07) is 19.9. The summed E-state index contributed by atoms with van der Waals surface area (Å²) >= 11 is 0. The molecule has 0 aliphatic rings. The molecule has 140 valence electrons. The number of rotatable bonds is 7. The molecule has 5 nitrogen and oxygen atoms in total. The Morgan fingerprint density at radius 1 is 1.00 bits per heavy atom. The molecular formula is C23H20N2O3. The molecule has 0 radical (unpaired) electrons. The number of anilines is 1. The molecule has 0 fully saturated rings. The molecule has 0 aliphatic carbocycles. The Balaban J connectivity index is 1.55. The zero-order valence-electron chi connectivity index (χ0n) is 15.5. The number of nitrogens with zero attached hydrogens (tertiary/aromatic N) is 1. The van der Waals surface area contributed by atoms with Crippen LogP contribution in [0.5, 0.6) is 5.75 Å². The number of carbonyl (C=O) groups excluding carboxylic acids is 2. The Morgan fingerprint density at radius 2 is 1.82 bits per heavy atom. The Labute approximate surface area is 163 Å². The summed E-state index contributed by atoms with van der Waals surface area (Å²) in [6.45, 7) is 1.39. The lowest BCUT2D eigenvalue weighted by atomic mass is 10.1. The molecule has 3 aromatic rings. The molecule has 1 heterocycles. The van der Waals surface area contributed by atoms with E-state index in [1.54, 1.807) is 30.5 Å². The average Bonchev–Trinajstić information content (AvgIpc) is 2.72. The predicted molar refractivity (Wildman–Crippen MR) is 110 cm³/mol. The smallest absolute Gasteiger partial charge is 0.262 e. The van der Waals surface area contributed by atoms with Gasteiger partial charge in [-0.1, -0.05) is 24.3 Å². The van der Waals surface area contributed by atoms with Crippen molar-refractivity contribution in [3.05, 3.63) is 89.7 Å². The largest absolute Gasteiger partial charge is 0.484 e. The van der Waals surface area contributed by atoms with Crippen LogP contribution in [0.4, 0.5) is 5.69 Å². The lowest BCUT2D eigenvalue weighted by molar-refractivity contribution is -0.118. The van der Waals surface area contributed by atoms with Crippen molar-refractivity contribution in [2.75, 3.05) is 11.9 Å². The second-order valence-electron chi connectivity index (χ2n) is 6.13. The van der Waals surface area contributed by atoms with E-state index in [1.807, 2.05) is 54.6 Å². The highest BCUT2D eigenvalue weighted by Gasteiger charge is 2.05. The van der Waals surface area contributed by atoms with Crippen LogP contribution < -0.4 is 10.1 Å². The normalized spacial score (nSPS) is 10.6. The Bertz CT molecular complexity index is 980. The Hall–Kier alpha value is -3.73. The monoisotopic (exact) mass is 372 g/mol. The van der Waals surface area contributed by atoms with Gasteiger partial charge in [0.1, 0.15) is 5.75 Å². The van der Waals surface area contributed by atoms with Crippen LogP contribution in [0.3, 0.4) is 0 Å². The van der Waals surface area contributed by atoms with E-state index in [2.05, 4.69) is 10.3 Å². The fourth-order valence-corrected chi connectivity index (χ4v) is 2.51. The van der Waals surface area contributed by atoms with E-state index in [9.17, 15) is 9.59 Å². The maximum absolute atomic E-state index is 12.1. The highest BCUT2D eigenvalue weighted by molar-refractivity contribution is 5.94. The van der Waals surface area contributed by atoms with Gasteiger partial charge in [0.15, 0.2) is 12.4 Å². The Kier molecular flexibility index (Phi) is 6.31. The zero-order valence-corrected chi connectivity index (χ0v) is 15.5. The number of carbonyl (C=O) groups is 2. The summed E-state index contributed by atoms with van der Waals surface area (Å²) in [4.78, 5) is 27.6. The van der Waals surface area contributed by atoms with Crippen LogP contribution in [0.1, 0.15) is 28.5 Å². The molecule has 28 heavy (non-hydrogen) atoms. The first-order valence-electron chi connectivity index (χ1n) is 8.83. The summed E-state index contributed by atoms with van der Waals surface area (Å²) in [6.07, 6.45) is 5.59. The van der Waals surface area contributed by atoms with Crippen molar-refractivity contribution in [1.29, 1.82) is 0 Å². The molecule has 1 amide bonds. The number of benzene rings is 2. The number of hydrogen-bond acceptors (Lipinski definition) is 4. The van der Waals surface area contributed by atoms with Crippen LogP contribution >= 0.6 is 0 Å². The molecule has 0 saturated heterocycles. The molecular weight excluding hydrogens is 352 g/mol. The number of ether oxygens (including phenoxy) is 1. The molecule has 3 rings (SSSR count). The third-order valence-corrected chi connectivity index (χ3v) is 3.94. The van der Waals surface area contributed by atoms with Gasteiger partial charge in [-0.05, 0) is 67.1 Å². The maximum Gasteiger partial charge on any atom is 0.262 e. The molecule has 0 bridgehead atoms. The standard InChI is InChI=1S/C23H20N2O3/c1-17(26)19-9-12-22(13-10-19)28-16-23(27)25-21-7-4-5-18(15-21)8-11-20-6-2-3-14-24-20/h2-15H,16H2,1H3,(H,25,27)/b11-8+. The quantitative estimate of drug-likeness (QED) is 0.621. The van der Waals surface area contributed by atoms with Crippen molar-refractivity contribution in [3.8, 4) is 5.75 Å². The molecule has 0 atom stereocenters. The second kappa shape index (κ2) is 9.28. The predicted octanol–water partition coefficient (Wildman–Crippen LogP) is 4.47. The summed E-state index contributed by atoms with van der Waals surface area (Å²) < 4.78 is 5.46. The van der Waals surface area contributed by atoms with Gasteiger partial charge in [0.2, 0.25) is 0 Å². The number of nitrogens with one attached hydrogen (secondary N) is 1. The van der Waals surface area contributed by atoms with Gasteiger partial charge in [0, 0.05) is 17.4 Å². The van der Waals surface area contributed by atoms with Gasteiger partial charge in [-0.25, -0.2) is 0 Å². The van der Waals surface area contributed by atoms with Gasteiger partial charge < -0.3 is 10.1 Å². The van der Waals surface area contributed by atoms with Gasteiger partial charge in [0.05, 0.1) is 5.69 Å². The van der Waals surface area contributed by atoms with E-state index >= 15 is 0 Å². The van der Waals surface area contributed by atoms with Crippen molar-refractivity contribution >= 4 is 29.5 Å². The number of amides is 1. The van der Waals surface area contributed by atoms with Gasteiger partial charge in [-0.15, -0.1) is 0 Å². The van der Waals surface area contributed by atoms with Gasteiger partial charge in [-0.2, -0.15) is 0 Å². The lowest BCUT2D eigenvalue weighted by Crippen LogP contribution is -2.20. The van der Waals surface area contributed by atoms with E-state index in [4.69, 9.17) is 4.74 Å². The zero-order chi connectivity index (χ0) is 19.8. The van der Waals surface area contributed by atoms with Crippen LogP contribution in [0.15, 0.2) is 72.9 Å².